The Morgan fingerprint density at radius 2 is 1.88 bits per heavy atom. The van der Waals surface area contributed by atoms with Gasteiger partial charge in [0.15, 0.2) is 6.30 Å². The largest absolute Gasteiger partial charge is 0.472 e. The molecule has 0 bridgehead atoms. The van der Waals surface area contributed by atoms with Gasteiger partial charge in [0, 0.05) is 58.1 Å². The van der Waals surface area contributed by atoms with Crippen molar-refractivity contribution in [2.45, 2.75) is 101 Å². The molecule has 9 atom stereocenters. The molecule has 6 heteroatoms. The van der Waals surface area contributed by atoms with Crippen LogP contribution in [0, 0.1) is 17.3 Å². The molecular formula is C26H39FN2O2S. The predicted molar refractivity (Wildman–Crippen MR) is 125 cm³/mol. The molecule has 6 heterocycles. The fraction of sp³-hybridized carbons (Fsp3) is 0.846. The summed E-state index contributed by atoms with van der Waals surface area (Å²) in [5.74, 6) is 2.09. The van der Waals surface area contributed by atoms with Gasteiger partial charge in [-0.1, -0.05) is 13.8 Å². The second-order valence-electron chi connectivity index (χ2n) is 12.0. The van der Waals surface area contributed by atoms with Crippen LogP contribution in [-0.4, -0.2) is 56.0 Å². The maximum atomic E-state index is 14.6. The highest BCUT2D eigenvalue weighted by molar-refractivity contribution is 7.86. The third-order valence-corrected chi connectivity index (χ3v) is 12.5. The second-order valence-corrected chi connectivity index (χ2v) is 13.8. The summed E-state index contributed by atoms with van der Waals surface area (Å²) in [5.41, 5.74) is 1.47. The molecule has 0 N–H and O–H groups in total. The number of alkyl halides is 1. The highest BCUT2D eigenvalue weighted by Gasteiger charge is 2.59. The van der Waals surface area contributed by atoms with E-state index in [9.17, 15) is 8.60 Å². The summed E-state index contributed by atoms with van der Waals surface area (Å²) in [5, 5.41) is 0. The van der Waals surface area contributed by atoms with Gasteiger partial charge in [0.1, 0.15) is 0 Å². The van der Waals surface area contributed by atoms with Crippen molar-refractivity contribution in [2.75, 3.05) is 18.8 Å². The van der Waals surface area contributed by atoms with Crippen molar-refractivity contribution >= 4 is 10.8 Å². The van der Waals surface area contributed by atoms with E-state index >= 15 is 0 Å². The van der Waals surface area contributed by atoms with Gasteiger partial charge in [-0.3, -0.25) is 14.0 Å². The summed E-state index contributed by atoms with van der Waals surface area (Å²) in [6.07, 6.45) is 12.4. The van der Waals surface area contributed by atoms with Gasteiger partial charge in [-0.15, -0.1) is 0 Å². The van der Waals surface area contributed by atoms with Gasteiger partial charge in [0.05, 0.1) is 12.5 Å². The highest BCUT2D eigenvalue weighted by atomic mass is 32.2. The Labute approximate surface area is 194 Å². The lowest BCUT2D eigenvalue weighted by atomic mass is 9.67. The molecule has 0 unspecified atom stereocenters. The molecule has 4 nitrogen and oxygen atoms in total. The van der Waals surface area contributed by atoms with E-state index in [1.807, 2.05) is 6.26 Å². The third kappa shape index (κ3) is 3.38. The molecule has 1 aromatic rings. The molecule has 1 aromatic heterocycles. The fourth-order valence-electron chi connectivity index (χ4n) is 8.37. The zero-order chi connectivity index (χ0) is 22.1. The SMILES string of the molecule is C[C@@H]1CC[C@@H](F)N2CC[C@@]3(C[C@@H]12)C[C@@]1(CC[C@H]2[C@@H](C)CC[C@H](c4ccoc4)N2C1)C[S@@]3=O. The van der Waals surface area contributed by atoms with Crippen LogP contribution in [0.25, 0.3) is 0 Å². The van der Waals surface area contributed by atoms with E-state index in [-0.39, 0.29) is 16.2 Å². The molecule has 0 aliphatic carbocycles. The van der Waals surface area contributed by atoms with E-state index in [1.165, 1.54) is 31.2 Å². The number of fused-ring (bicyclic) bond motifs is 2. The van der Waals surface area contributed by atoms with E-state index in [2.05, 4.69) is 29.7 Å². The van der Waals surface area contributed by atoms with Gasteiger partial charge in [0.2, 0.25) is 0 Å². The predicted octanol–water partition coefficient (Wildman–Crippen LogP) is 5.28. The van der Waals surface area contributed by atoms with Crippen LogP contribution in [0.5, 0.6) is 0 Å². The lowest BCUT2D eigenvalue weighted by Gasteiger charge is -2.54. The van der Waals surface area contributed by atoms with Gasteiger partial charge in [-0.2, -0.15) is 0 Å². The van der Waals surface area contributed by atoms with Crippen molar-refractivity contribution in [1.82, 2.24) is 9.80 Å². The first kappa shape index (κ1) is 21.8. The third-order valence-electron chi connectivity index (χ3n) is 10.1. The Bertz CT molecular complexity index is 864. The summed E-state index contributed by atoms with van der Waals surface area (Å²) < 4.78 is 33.8. The van der Waals surface area contributed by atoms with Gasteiger partial charge in [0.25, 0.3) is 0 Å². The summed E-state index contributed by atoms with van der Waals surface area (Å²) in [7, 11) is -0.809. The molecule has 2 spiro atoms. The van der Waals surface area contributed by atoms with Crippen molar-refractivity contribution in [3.63, 3.8) is 0 Å². The molecule has 6 rings (SSSR count). The molecule has 0 aromatic carbocycles. The Balaban J connectivity index is 1.25. The standard InChI is InChI=1S/C26H39FN2O2S/c1-18-3-5-22(20-8-12-31-14-20)29-16-25(9-7-21(18)29)15-26(32(30)17-25)10-11-28-23(13-26)19(2)4-6-24(28)27/h8,12,14,18-19,21-24H,3-7,9-11,13,15-17H2,1-2H3/t18-,19+,21-,22+,23-,24-,25+,26+,32-/m0/s1. The molecule has 0 radical (unpaired) electrons. The first-order chi connectivity index (χ1) is 15.4. The maximum absolute atomic E-state index is 14.6. The number of furan rings is 1. The molecule has 5 fully saturated rings. The van der Waals surface area contributed by atoms with E-state index in [0.29, 0.717) is 24.4 Å². The Hall–Kier alpha value is -0.720. The van der Waals surface area contributed by atoms with E-state index in [0.717, 1.165) is 50.4 Å². The van der Waals surface area contributed by atoms with Crippen LogP contribution in [0.15, 0.2) is 23.0 Å². The van der Waals surface area contributed by atoms with Crippen molar-refractivity contribution in [3.8, 4) is 0 Å². The second kappa shape index (κ2) is 7.91. The average molecular weight is 463 g/mol. The molecule has 5 aliphatic heterocycles. The van der Waals surface area contributed by atoms with Crippen molar-refractivity contribution in [2.24, 2.45) is 17.3 Å². The lowest BCUT2D eigenvalue weighted by molar-refractivity contribution is -0.0628. The van der Waals surface area contributed by atoms with Crippen LogP contribution in [0.1, 0.15) is 83.2 Å². The van der Waals surface area contributed by atoms with Crippen LogP contribution < -0.4 is 0 Å². The minimum absolute atomic E-state index is 0.0914. The number of hydrogen-bond acceptors (Lipinski definition) is 4. The molecule has 0 saturated carbocycles. The van der Waals surface area contributed by atoms with Crippen LogP contribution >= 0.6 is 0 Å². The number of piperidine rings is 4. The van der Waals surface area contributed by atoms with E-state index in [4.69, 9.17) is 4.42 Å². The lowest BCUT2D eigenvalue weighted by Crippen LogP contribution is -2.58. The summed E-state index contributed by atoms with van der Waals surface area (Å²) >= 11 is 0. The molecule has 5 saturated heterocycles. The smallest absolute Gasteiger partial charge is 0.153 e. The van der Waals surface area contributed by atoms with Gasteiger partial charge in [-0.25, -0.2) is 4.39 Å². The summed E-state index contributed by atoms with van der Waals surface area (Å²) in [6.45, 7) is 6.56. The Morgan fingerprint density at radius 1 is 1.06 bits per heavy atom. The van der Waals surface area contributed by atoms with Gasteiger partial charge >= 0.3 is 0 Å². The molecule has 178 valence electrons. The first-order valence-corrected chi connectivity index (χ1v) is 14.3. The average Bonchev–Trinajstić information content (AvgIpc) is 3.38. The van der Waals surface area contributed by atoms with Crippen LogP contribution in [0.4, 0.5) is 4.39 Å². The molecular weight excluding hydrogens is 423 g/mol. The normalized spacial score (nSPS) is 49.9. The van der Waals surface area contributed by atoms with Crippen molar-refractivity contribution in [3.05, 3.63) is 24.2 Å². The number of rotatable bonds is 1. The molecule has 32 heavy (non-hydrogen) atoms. The fourth-order valence-corrected chi connectivity index (χ4v) is 10.7. The monoisotopic (exact) mass is 462 g/mol. The Morgan fingerprint density at radius 3 is 2.69 bits per heavy atom. The van der Waals surface area contributed by atoms with Crippen LogP contribution in [0.2, 0.25) is 0 Å². The van der Waals surface area contributed by atoms with Crippen LogP contribution in [-0.2, 0) is 10.8 Å². The summed E-state index contributed by atoms with van der Waals surface area (Å²) in [4.78, 5) is 4.88. The van der Waals surface area contributed by atoms with Crippen LogP contribution in [0.3, 0.4) is 0 Å². The highest BCUT2D eigenvalue weighted by Crippen LogP contribution is 2.56. The summed E-state index contributed by atoms with van der Waals surface area (Å²) in [6, 6.07) is 3.48. The number of nitrogens with zero attached hydrogens (tertiary/aromatic N) is 2. The van der Waals surface area contributed by atoms with Gasteiger partial charge < -0.3 is 4.42 Å². The van der Waals surface area contributed by atoms with E-state index < -0.39 is 17.1 Å². The quantitative estimate of drug-likeness (QED) is 0.532. The Kier molecular flexibility index (Phi) is 5.39. The maximum Gasteiger partial charge on any atom is 0.153 e. The number of halogens is 1. The number of hydrogen-bond donors (Lipinski definition) is 0. The first-order valence-electron chi connectivity index (χ1n) is 13.0. The zero-order valence-corrected chi connectivity index (χ0v) is 20.5. The van der Waals surface area contributed by atoms with E-state index in [1.54, 1.807) is 6.26 Å². The molecule has 5 aliphatic rings. The van der Waals surface area contributed by atoms with Crippen molar-refractivity contribution < 1.29 is 13.0 Å². The zero-order valence-electron chi connectivity index (χ0n) is 19.7. The van der Waals surface area contributed by atoms with Gasteiger partial charge in [-0.05, 0) is 81.1 Å². The minimum atomic E-state index is -0.809. The topological polar surface area (TPSA) is 36.7 Å². The minimum Gasteiger partial charge on any atom is -0.472 e. The molecule has 0 amide bonds. The van der Waals surface area contributed by atoms with Crippen molar-refractivity contribution in [1.29, 1.82) is 0 Å².